The lowest BCUT2D eigenvalue weighted by atomic mass is 9.99. The zero-order chi connectivity index (χ0) is 12.9. The molecular weight excluding hydrogens is 206 g/mol. The van der Waals surface area contributed by atoms with Crippen molar-refractivity contribution in [3.63, 3.8) is 0 Å². The van der Waals surface area contributed by atoms with Gasteiger partial charge in [0, 0.05) is 0 Å². The third kappa shape index (κ3) is 5.75. The molecule has 0 aromatic carbocycles. The van der Waals surface area contributed by atoms with E-state index in [1.54, 1.807) is 20.8 Å². The molecule has 0 aliphatic carbocycles. The van der Waals surface area contributed by atoms with Gasteiger partial charge >= 0.3 is 6.09 Å². The Morgan fingerprint density at radius 2 is 1.94 bits per heavy atom. The first-order chi connectivity index (χ1) is 7.17. The highest BCUT2D eigenvalue weighted by Gasteiger charge is 2.25. The Balaban J connectivity index is 4.41. The van der Waals surface area contributed by atoms with Crippen LogP contribution in [0.2, 0.25) is 0 Å². The van der Waals surface area contributed by atoms with Crippen molar-refractivity contribution in [2.24, 2.45) is 5.92 Å². The highest BCUT2D eigenvalue weighted by Crippen LogP contribution is 2.11. The number of hydrogen-bond donors (Lipinski definition) is 2. The first-order valence-electron chi connectivity index (χ1n) is 5.47. The number of amides is 1. The van der Waals surface area contributed by atoms with Gasteiger partial charge in [-0.05, 0) is 26.7 Å². The number of carbonyl (C=O) groups excluding carboxylic acids is 1. The number of carbonyl (C=O) groups is 1. The first kappa shape index (κ1) is 15.0. The number of rotatable bonds is 4. The van der Waals surface area contributed by atoms with Crippen LogP contribution >= 0.6 is 0 Å². The number of nitrogens with one attached hydrogen (secondary N) is 1. The van der Waals surface area contributed by atoms with Crippen molar-refractivity contribution in [2.45, 2.75) is 52.4 Å². The Morgan fingerprint density at radius 3 is 2.25 bits per heavy atom. The molecule has 0 heterocycles. The van der Waals surface area contributed by atoms with E-state index in [-0.39, 0.29) is 12.0 Å². The van der Waals surface area contributed by atoms with Crippen molar-refractivity contribution in [3.05, 3.63) is 12.7 Å². The molecule has 0 aliphatic rings. The summed E-state index contributed by atoms with van der Waals surface area (Å²) in [5.74, 6) is 0.0977. The number of hydrogen-bond acceptors (Lipinski definition) is 3. The lowest BCUT2D eigenvalue weighted by Crippen LogP contribution is -2.47. The van der Waals surface area contributed by atoms with Gasteiger partial charge in [0.15, 0.2) is 0 Å². The molecule has 0 saturated carbocycles. The van der Waals surface area contributed by atoms with Gasteiger partial charge in [-0.1, -0.05) is 19.9 Å². The molecule has 0 fully saturated rings. The van der Waals surface area contributed by atoms with E-state index in [0.717, 1.165) is 0 Å². The highest BCUT2D eigenvalue weighted by molar-refractivity contribution is 5.68. The first-order valence-corrected chi connectivity index (χ1v) is 5.47. The maximum absolute atomic E-state index is 11.5. The Bertz CT molecular complexity index is 243. The highest BCUT2D eigenvalue weighted by atomic mass is 16.6. The quantitative estimate of drug-likeness (QED) is 0.726. The molecule has 4 nitrogen and oxygen atoms in total. The lowest BCUT2D eigenvalue weighted by molar-refractivity contribution is 0.0423. The normalized spacial score (nSPS) is 15.4. The van der Waals surface area contributed by atoms with E-state index >= 15 is 0 Å². The predicted molar refractivity (Wildman–Crippen MR) is 64.2 cm³/mol. The number of ether oxygens (including phenoxy) is 1. The molecule has 0 saturated heterocycles. The van der Waals surface area contributed by atoms with Crippen LogP contribution in [0.15, 0.2) is 12.7 Å². The Morgan fingerprint density at radius 1 is 1.44 bits per heavy atom. The molecule has 4 heteroatoms. The summed E-state index contributed by atoms with van der Waals surface area (Å²) in [7, 11) is 0. The van der Waals surface area contributed by atoms with Gasteiger partial charge in [0.25, 0.3) is 0 Å². The molecule has 0 aliphatic heterocycles. The molecular formula is C12H23NO3. The third-order valence-electron chi connectivity index (χ3n) is 2.01. The maximum Gasteiger partial charge on any atom is 0.407 e. The minimum Gasteiger partial charge on any atom is -0.444 e. The summed E-state index contributed by atoms with van der Waals surface area (Å²) in [6, 6.07) is -0.382. The zero-order valence-corrected chi connectivity index (χ0v) is 10.8. The molecule has 0 bridgehead atoms. The van der Waals surface area contributed by atoms with Gasteiger partial charge in [-0.25, -0.2) is 4.79 Å². The maximum atomic E-state index is 11.5. The van der Waals surface area contributed by atoms with Crippen molar-refractivity contribution in [1.82, 2.24) is 5.32 Å². The molecule has 94 valence electrons. The van der Waals surface area contributed by atoms with E-state index in [1.165, 1.54) is 6.08 Å². The fourth-order valence-electron chi connectivity index (χ4n) is 1.24. The molecule has 1 amide bonds. The van der Waals surface area contributed by atoms with E-state index < -0.39 is 17.8 Å². The fourth-order valence-corrected chi connectivity index (χ4v) is 1.24. The van der Waals surface area contributed by atoms with E-state index in [0.29, 0.717) is 0 Å². The van der Waals surface area contributed by atoms with Gasteiger partial charge in [0.1, 0.15) is 5.60 Å². The van der Waals surface area contributed by atoms with Crippen LogP contribution in [0, 0.1) is 5.92 Å². The van der Waals surface area contributed by atoms with Crippen LogP contribution in [-0.2, 0) is 4.74 Å². The van der Waals surface area contributed by atoms with Gasteiger partial charge in [0.05, 0.1) is 12.1 Å². The van der Waals surface area contributed by atoms with Crippen LogP contribution in [-0.4, -0.2) is 28.9 Å². The Kier molecular flexibility index (Phi) is 5.51. The molecule has 0 aromatic heterocycles. The van der Waals surface area contributed by atoms with Gasteiger partial charge in [0.2, 0.25) is 0 Å². The minimum atomic E-state index is -0.771. The summed E-state index contributed by atoms with van der Waals surface area (Å²) in [6.45, 7) is 12.7. The lowest BCUT2D eigenvalue weighted by Gasteiger charge is -2.27. The van der Waals surface area contributed by atoms with E-state index in [9.17, 15) is 9.90 Å². The van der Waals surface area contributed by atoms with Gasteiger partial charge in [-0.2, -0.15) is 0 Å². The number of aliphatic hydroxyl groups is 1. The average Bonchev–Trinajstić information content (AvgIpc) is 2.09. The monoisotopic (exact) mass is 229 g/mol. The molecule has 2 atom stereocenters. The van der Waals surface area contributed by atoms with Crippen molar-refractivity contribution < 1.29 is 14.6 Å². The van der Waals surface area contributed by atoms with Crippen LogP contribution in [0.1, 0.15) is 34.6 Å². The van der Waals surface area contributed by atoms with E-state index in [4.69, 9.17) is 4.74 Å². The van der Waals surface area contributed by atoms with Crippen molar-refractivity contribution >= 4 is 6.09 Å². The molecule has 2 N–H and O–H groups in total. The molecule has 16 heavy (non-hydrogen) atoms. The summed E-state index contributed by atoms with van der Waals surface area (Å²) in [4.78, 5) is 11.5. The summed E-state index contributed by atoms with van der Waals surface area (Å²) in [5.41, 5.74) is -0.537. The van der Waals surface area contributed by atoms with Crippen molar-refractivity contribution in [3.8, 4) is 0 Å². The number of alkyl carbamates (subject to hydrolysis) is 1. The second-order valence-electron chi connectivity index (χ2n) is 5.14. The minimum absolute atomic E-state index is 0.0977. The van der Waals surface area contributed by atoms with Gasteiger partial charge in [-0.15, -0.1) is 6.58 Å². The molecule has 0 radical (unpaired) electrons. The van der Waals surface area contributed by atoms with Crippen LogP contribution in [0.4, 0.5) is 4.79 Å². The summed E-state index contributed by atoms with van der Waals surface area (Å²) >= 11 is 0. The van der Waals surface area contributed by atoms with Crippen molar-refractivity contribution in [2.75, 3.05) is 0 Å². The SMILES string of the molecule is C=CC(O)[C@@H](NC(=O)OC(C)(C)C)C(C)C. The third-order valence-corrected chi connectivity index (χ3v) is 2.01. The Labute approximate surface area is 97.7 Å². The van der Waals surface area contributed by atoms with Crippen LogP contribution in [0.5, 0.6) is 0 Å². The van der Waals surface area contributed by atoms with Crippen LogP contribution < -0.4 is 5.32 Å². The molecule has 0 aromatic rings. The molecule has 0 rings (SSSR count). The number of aliphatic hydroxyl groups excluding tert-OH is 1. The predicted octanol–water partition coefficient (Wildman–Crippen LogP) is 2.08. The average molecular weight is 229 g/mol. The largest absolute Gasteiger partial charge is 0.444 e. The molecule has 0 spiro atoms. The van der Waals surface area contributed by atoms with E-state index in [1.807, 2.05) is 13.8 Å². The van der Waals surface area contributed by atoms with Gasteiger partial charge in [-0.3, -0.25) is 0 Å². The van der Waals surface area contributed by atoms with Crippen LogP contribution in [0.25, 0.3) is 0 Å². The molecule has 1 unspecified atom stereocenters. The van der Waals surface area contributed by atoms with Crippen LogP contribution in [0.3, 0.4) is 0 Å². The second-order valence-corrected chi connectivity index (χ2v) is 5.14. The smallest absolute Gasteiger partial charge is 0.407 e. The fraction of sp³-hybridized carbons (Fsp3) is 0.750. The topological polar surface area (TPSA) is 58.6 Å². The van der Waals surface area contributed by atoms with Gasteiger partial charge < -0.3 is 15.2 Å². The van der Waals surface area contributed by atoms with E-state index in [2.05, 4.69) is 11.9 Å². The standard InChI is InChI=1S/C12H23NO3/c1-7-9(14)10(8(2)3)13-11(15)16-12(4,5)6/h7-10,14H,1H2,2-6H3,(H,13,15)/t9?,10-/m0/s1. The second kappa shape index (κ2) is 5.89. The summed E-state index contributed by atoms with van der Waals surface area (Å²) in [6.07, 6.45) is 0.113. The summed E-state index contributed by atoms with van der Waals surface area (Å²) in [5, 5.41) is 12.3. The summed E-state index contributed by atoms with van der Waals surface area (Å²) < 4.78 is 5.12. The zero-order valence-electron chi connectivity index (χ0n) is 10.8. The Hall–Kier alpha value is -1.03. The van der Waals surface area contributed by atoms with Crippen molar-refractivity contribution in [1.29, 1.82) is 0 Å².